The predicted molar refractivity (Wildman–Crippen MR) is 117 cm³/mol. The van der Waals surface area contributed by atoms with Crippen LogP contribution in [0.25, 0.3) is 16.9 Å². The molecule has 0 unspecified atom stereocenters. The molecule has 2 N–H and O–H groups in total. The van der Waals surface area contributed by atoms with E-state index in [1.165, 1.54) is 0 Å². The minimum absolute atomic E-state index is 0.216. The van der Waals surface area contributed by atoms with E-state index >= 15 is 0 Å². The van der Waals surface area contributed by atoms with E-state index in [1.807, 2.05) is 36.8 Å². The van der Waals surface area contributed by atoms with Crippen molar-refractivity contribution < 1.29 is 9.50 Å². The van der Waals surface area contributed by atoms with Crippen LogP contribution in [0.1, 0.15) is 19.3 Å². The Hall–Kier alpha value is -2.61. The number of likely N-dealkylation sites (tertiary alicyclic amines) is 1. The van der Waals surface area contributed by atoms with Crippen molar-refractivity contribution in [2.75, 3.05) is 38.2 Å². The summed E-state index contributed by atoms with van der Waals surface area (Å²) in [5.74, 6) is 1.67. The molecule has 2 aromatic heterocycles. The SMILES string of the molecule is Bc1cnn2c(NCC3CCN(CCCF)CC3)cc(-c3ccccc3O)nc12. The lowest BCUT2D eigenvalue weighted by atomic mass is 9.96. The Labute approximate surface area is 171 Å². The second-order valence-electron chi connectivity index (χ2n) is 7.82. The Kier molecular flexibility index (Phi) is 5.99. The van der Waals surface area contributed by atoms with Gasteiger partial charge in [0.15, 0.2) is 5.65 Å². The zero-order chi connectivity index (χ0) is 20.2. The second-order valence-corrected chi connectivity index (χ2v) is 7.82. The van der Waals surface area contributed by atoms with Crippen LogP contribution in [-0.2, 0) is 0 Å². The third kappa shape index (κ3) is 4.37. The molecular formula is C21H27BFN5O. The van der Waals surface area contributed by atoms with E-state index in [0.29, 0.717) is 17.9 Å². The van der Waals surface area contributed by atoms with Gasteiger partial charge in [0.25, 0.3) is 0 Å². The van der Waals surface area contributed by atoms with E-state index in [2.05, 4.69) is 15.3 Å². The Morgan fingerprint density at radius 2 is 2.03 bits per heavy atom. The number of aromatic nitrogens is 3. The molecule has 4 rings (SSSR count). The molecule has 1 fully saturated rings. The lowest BCUT2D eigenvalue weighted by molar-refractivity contribution is 0.183. The Bertz CT molecular complexity index is 971. The Balaban J connectivity index is 1.51. The number of alkyl halides is 1. The number of nitrogens with one attached hydrogen (secondary N) is 1. The van der Waals surface area contributed by atoms with Crippen molar-refractivity contribution >= 4 is 24.8 Å². The first-order chi connectivity index (χ1) is 14.2. The smallest absolute Gasteiger partial charge is 0.151 e. The molecule has 1 aromatic carbocycles. The standard InChI is InChI=1S/C21H27BFN5O/c22-17-14-25-28-20(24-13-15-6-10-27(11-7-15)9-3-8-23)12-18(26-21(17)28)16-4-1-2-5-19(16)29/h1-2,4-5,12,14-15,24,29H,3,6-11,13,22H2. The van der Waals surface area contributed by atoms with Crippen LogP contribution < -0.4 is 10.8 Å². The van der Waals surface area contributed by atoms with Crippen LogP contribution in [-0.4, -0.2) is 65.3 Å². The van der Waals surface area contributed by atoms with Gasteiger partial charge >= 0.3 is 0 Å². The summed E-state index contributed by atoms with van der Waals surface area (Å²) >= 11 is 0. The molecule has 0 bridgehead atoms. The molecule has 0 amide bonds. The maximum atomic E-state index is 12.4. The lowest BCUT2D eigenvalue weighted by Gasteiger charge is -2.32. The fourth-order valence-electron chi connectivity index (χ4n) is 3.97. The van der Waals surface area contributed by atoms with Gasteiger partial charge in [0, 0.05) is 30.9 Å². The average Bonchev–Trinajstić information content (AvgIpc) is 3.12. The summed E-state index contributed by atoms with van der Waals surface area (Å²) in [5.41, 5.74) is 3.21. The highest BCUT2D eigenvalue weighted by Gasteiger charge is 2.20. The number of fused-ring (bicyclic) bond motifs is 1. The highest BCUT2D eigenvalue weighted by atomic mass is 19.1. The Morgan fingerprint density at radius 1 is 1.24 bits per heavy atom. The van der Waals surface area contributed by atoms with Crippen LogP contribution in [0.5, 0.6) is 5.75 Å². The number of piperidine rings is 1. The van der Waals surface area contributed by atoms with Gasteiger partial charge in [0.2, 0.25) is 0 Å². The first-order valence-corrected chi connectivity index (χ1v) is 10.3. The molecule has 29 heavy (non-hydrogen) atoms. The quantitative estimate of drug-likeness (QED) is 0.598. The van der Waals surface area contributed by atoms with Crippen molar-refractivity contribution in [2.45, 2.75) is 19.3 Å². The van der Waals surface area contributed by atoms with Crippen LogP contribution in [0, 0.1) is 5.92 Å². The minimum atomic E-state index is -0.234. The van der Waals surface area contributed by atoms with E-state index < -0.39 is 0 Å². The largest absolute Gasteiger partial charge is 0.507 e. The van der Waals surface area contributed by atoms with Crippen LogP contribution in [0.2, 0.25) is 0 Å². The highest BCUT2D eigenvalue weighted by Crippen LogP contribution is 2.29. The number of halogens is 1. The number of para-hydroxylation sites is 1. The topological polar surface area (TPSA) is 65.7 Å². The molecule has 152 valence electrons. The van der Waals surface area contributed by atoms with Crippen molar-refractivity contribution in [2.24, 2.45) is 5.92 Å². The van der Waals surface area contributed by atoms with E-state index in [-0.39, 0.29) is 12.4 Å². The summed E-state index contributed by atoms with van der Waals surface area (Å²) in [6.07, 6.45) is 4.66. The van der Waals surface area contributed by atoms with Crippen molar-refractivity contribution in [3.8, 4) is 17.0 Å². The number of anilines is 1. The van der Waals surface area contributed by atoms with Gasteiger partial charge in [-0.1, -0.05) is 12.1 Å². The average molecular weight is 395 g/mol. The fraction of sp³-hybridized carbons (Fsp3) is 0.429. The first-order valence-electron chi connectivity index (χ1n) is 10.3. The molecule has 0 spiro atoms. The van der Waals surface area contributed by atoms with Gasteiger partial charge in [-0.25, -0.2) is 4.98 Å². The number of phenolic OH excluding ortho intramolecular Hbond substituents is 1. The number of rotatable bonds is 7. The van der Waals surface area contributed by atoms with Gasteiger partial charge in [-0.3, -0.25) is 4.39 Å². The summed E-state index contributed by atoms with van der Waals surface area (Å²) < 4.78 is 14.2. The van der Waals surface area contributed by atoms with Crippen molar-refractivity contribution in [1.82, 2.24) is 19.5 Å². The maximum absolute atomic E-state index is 12.4. The first kappa shape index (κ1) is 19.7. The zero-order valence-corrected chi connectivity index (χ0v) is 16.8. The number of hydrogen-bond donors (Lipinski definition) is 2. The van der Waals surface area contributed by atoms with Crippen LogP contribution in [0.15, 0.2) is 36.5 Å². The number of benzene rings is 1. The molecule has 0 radical (unpaired) electrons. The number of nitrogens with zero attached hydrogens (tertiary/aromatic N) is 4. The monoisotopic (exact) mass is 395 g/mol. The van der Waals surface area contributed by atoms with Crippen molar-refractivity contribution in [3.05, 3.63) is 36.5 Å². The normalized spacial score (nSPS) is 15.8. The van der Waals surface area contributed by atoms with Gasteiger partial charge in [-0.15, -0.1) is 0 Å². The lowest BCUT2D eigenvalue weighted by Crippen LogP contribution is -2.36. The van der Waals surface area contributed by atoms with Gasteiger partial charge in [0.05, 0.1) is 12.4 Å². The molecule has 6 nitrogen and oxygen atoms in total. The van der Waals surface area contributed by atoms with Gasteiger partial charge < -0.3 is 15.3 Å². The highest BCUT2D eigenvalue weighted by molar-refractivity contribution is 6.36. The minimum Gasteiger partial charge on any atom is -0.507 e. The zero-order valence-electron chi connectivity index (χ0n) is 16.8. The van der Waals surface area contributed by atoms with E-state index in [9.17, 15) is 9.50 Å². The van der Waals surface area contributed by atoms with Crippen LogP contribution in [0.4, 0.5) is 10.2 Å². The molecule has 3 aromatic rings. The van der Waals surface area contributed by atoms with Gasteiger partial charge in [-0.2, -0.15) is 9.61 Å². The predicted octanol–water partition coefficient (Wildman–Crippen LogP) is 1.84. The van der Waals surface area contributed by atoms with Crippen molar-refractivity contribution in [3.63, 3.8) is 0 Å². The number of phenols is 1. The third-order valence-corrected chi connectivity index (χ3v) is 5.72. The molecule has 8 heteroatoms. The fourth-order valence-corrected chi connectivity index (χ4v) is 3.97. The van der Waals surface area contributed by atoms with E-state index in [0.717, 1.165) is 61.6 Å². The van der Waals surface area contributed by atoms with E-state index in [4.69, 9.17) is 4.98 Å². The summed E-state index contributed by atoms with van der Waals surface area (Å²) in [6, 6.07) is 9.20. The maximum Gasteiger partial charge on any atom is 0.151 e. The van der Waals surface area contributed by atoms with Crippen molar-refractivity contribution in [1.29, 1.82) is 0 Å². The molecule has 1 saturated heterocycles. The van der Waals surface area contributed by atoms with Gasteiger partial charge in [0.1, 0.15) is 19.4 Å². The summed E-state index contributed by atoms with van der Waals surface area (Å²) in [4.78, 5) is 7.08. The van der Waals surface area contributed by atoms with Crippen LogP contribution >= 0.6 is 0 Å². The van der Waals surface area contributed by atoms with Gasteiger partial charge in [-0.05, 0) is 55.9 Å². The molecular weight excluding hydrogens is 368 g/mol. The van der Waals surface area contributed by atoms with Crippen LogP contribution in [0.3, 0.4) is 0 Å². The third-order valence-electron chi connectivity index (χ3n) is 5.72. The summed E-state index contributed by atoms with van der Waals surface area (Å²) in [6.45, 7) is 3.54. The second kappa shape index (κ2) is 8.82. The number of aromatic hydroxyl groups is 1. The molecule has 0 atom stereocenters. The Morgan fingerprint density at radius 3 is 2.79 bits per heavy atom. The molecule has 3 heterocycles. The summed E-state index contributed by atoms with van der Waals surface area (Å²) in [7, 11) is 1.99. The molecule has 1 aliphatic rings. The molecule has 0 aliphatic carbocycles. The molecule has 0 saturated carbocycles. The summed E-state index contributed by atoms with van der Waals surface area (Å²) in [5, 5.41) is 18.3. The number of hydrogen-bond acceptors (Lipinski definition) is 5. The van der Waals surface area contributed by atoms with E-state index in [1.54, 1.807) is 12.1 Å². The molecule has 1 aliphatic heterocycles.